The Labute approximate surface area is 98.2 Å². The number of para-hydroxylation sites is 1. The van der Waals surface area contributed by atoms with Crippen molar-refractivity contribution in [2.45, 2.75) is 6.42 Å². The first-order valence-electron chi connectivity index (χ1n) is 5.52. The second kappa shape index (κ2) is 3.63. The molecule has 0 aliphatic carbocycles. The molecule has 3 rings (SSSR count). The molecule has 3 heteroatoms. The van der Waals surface area contributed by atoms with Crippen LogP contribution in [0.5, 0.6) is 0 Å². The fourth-order valence-corrected chi connectivity index (χ4v) is 2.21. The smallest absolute Gasteiger partial charge is 0.221 e. The number of H-pyrrole nitrogens is 1. The normalized spacial score (nSPS) is 11.1. The predicted molar refractivity (Wildman–Crippen MR) is 68.7 cm³/mol. The zero-order valence-electron chi connectivity index (χ0n) is 9.23. The number of hydrogen-bond donors (Lipinski definition) is 2. The maximum atomic E-state index is 10.9. The molecule has 17 heavy (non-hydrogen) atoms. The van der Waals surface area contributed by atoms with E-state index in [-0.39, 0.29) is 12.3 Å². The molecule has 3 aromatic rings. The maximum absolute atomic E-state index is 10.9. The largest absolute Gasteiger partial charge is 0.369 e. The van der Waals surface area contributed by atoms with Gasteiger partial charge in [0.05, 0.1) is 6.42 Å². The van der Waals surface area contributed by atoms with Gasteiger partial charge in [0.1, 0.15) is 0 Å². The number of benzene rings is 2. The molecule has 0 aliphatic rings. The number of primary amides is 1. The van der Waals surface area contributed by atoms with E-state index in [4.69, 9.17) is 5.73 Å². The molecular formula is C14H12N2O. The first-order valence-corrected chi connectivity index (χ1v) is 5.52. The number of nitrogens with two attached hydrogens (primary N) is 1. The van der Waals surface area contributed by atoms with Crippen LogP contribution in [0, 0.1) is 0 Å². The number of amides is 1. The van der Waals surface area contributed by atoms with Gasteiger partial charge in [-0.25, -0.2) is 0 Å². The van der Waals surface area contributed by atoms with Gasteiger partial charge >= 0.3 is 0 Å². The number of aromatic amines is 1. The molecule has 3 nitrogen and oxygen atoms in total. The highest BCUT2D eigenvalue weighted by Crippen LogP contribution is 2.25. The molecule has 0 atom stereocenters. The van der Waals surface area contributed by atoms with Crippen LogP contribution in [0.15, 0.2) is 42.5 Å². The molecule has 0 fully saturated rings. The summed E-state index contributed by atoms with van der Waals surface area (Å²) in [4.78, 5) is 14.3. The van der Waals surface area contributed by atoms with Gasteiger partial charge in [0.15, 0.2) is 0 Å². The van der Waals surface area contributed by atoms with Crippen LogP contribution in [-0.2, 0) is 11.2 Å². The summed E-state index contributed by atoms with van der Waals surface area (Å²) in [5, 5.41) is 2.31. The van der Waals surface area contributed by atoms with Gasteiger partial charge in [-0.3, -0.25) is 4.79 Å². The van der Waals surface area contributed by atoms with Gasteiger partial charge in [0.2, 0.25) is 5.91 Å². The first-order chi connectivity index (χ1) is 8.24. The van der Waals surface area contributed by atoms with Crippen molar-refractivity contribution in [2.24, 2.45) is 5.73 Å². The standard InChI is InChI=1S/C14H12N2O/c15-14(17)8-9-5-6-13-11(7-9)10-3-1-2-4-12(10)16-13/h1-7,16H,8H2,(H2,15,17). The number of rotatable bonds is 2. The third-order valence-electron chi connectivity index (χ3n) is 2.95. The second-order valence-electron chi connectivity index (χ2n) is 4.19. The summed E-state index contributed by atoms with van der Waals surface area (Å²) in [6.07, 6.45) is 0.287. The molecule has 84 valence electrons. The minimum atomic E-state index is -0.302. The molecule has 3 N–H and O–H groups in total. The minimum Gasteiger partial charge on any atom is -0.369 e. The summed E-state index contributed by atoms with van der Waals surface area (Å²) in [7, 11) is 0. The summed E-state index contributed by atoms with van der Waals surface area (Å²) in [6, 6.07) is 14.1. The fraction of sp³-hybridized carbons (Fsp3) is 0.0714. The van der Waals surface area contributed by atoms with E-state index in [1.165, 1.54) is 5.39 Å². The highest BCUT2D eigenvalue weighted by Gasteiger charge is 2.05. The molecule has 0 spiro atoms. The lowest BCUT2D eigenvalue weighted by Crippen LogP contribution is -2.13. The van der Waals surface area contributed by atoms with E-state index in [2.05, 4.69) is 11.1 Å². The van der Waals surface area contributed by atoms with E-state index < -0.39 is 0 Å². The fourth-order valence-electron chi connectivity index (χ4n) is 2.21. The van der Waals surface area contributed by atoms with E-state index in [1.54, 1.807) is 0 Å². The molecular weight excluding hydrogens is 212 g/mol. The molecule has 0 radical (unpaired) electrons. The van der Waals surface area contributed by atoms with Crippen molar-refractivity contribution in [1.29, 1.82) is 0 Å². The van der Waals surface area contributed by atoms with E-state index in [9.17, 15) is 4.79 Å². The summed E-state index contributed by atoms with van der Waals surface area (Å²) in [6.45, 7) is 0. The van der Waals surface area contributed by atoms with Crippen molar-refractivity contribution in [2.75, 3.05) is 0 Å². The average Bonchev–Trinajstić information content (AvgIpc) is 2.66. The van der Waals surface area contributed by atoms with Gasteiger partial charge in [0.25, 0.3) is 0 Å². The Bertz CT molecular complexity index is 712. The van der Waals surface area contributed by atoms with Crippen molar-refractivity contribution < 1.29 is 4.79 Å². The number of carbonyl (C=O) groups excluding carboxylic acids is 1. The second-order valence-corrected chi connectivity index (χ2v) is 4.19. The zero-order chi connectivity index (χ0) is 11.8. The van der Waals surface area contributed by atoms with Gasteiger partial charge in [0, 0.05) is 21.8 Å². The number of nitrogens with one attached hydrogen (secondary N) is 1. The van der Waals surface area contributed by atoms with Crippen LogP contribution >= 0.6 is 0 Å². The zero-order valence-corrected chi connectivity index (χ0v) is 9.23. The first kappa shape index (κ1) is 9.90. The van der Waals surface area contributed by atoms with Gasteiger partial charge in [-0.05, 0) is 23.8 Å². The lowest BCUT2D eigenvalue weighted by atomic mass is 10.1. The highest BCUT2D eigenvalue weighted by molar-refractivity contribution is 6.07. The molecule has 1 amide bonds. The Hall–Kier alpha value is -2.29. The quantitative estimate of drug-likeness (QED) is 0.689. The number of aromatic nitrogens is 1. The van der Waals surface area contributed by atoms with Crippen LogP contribution in [0.2, 0.25) is 0 Å². The van der Waals surface area contributed by atoms with Crippen LogP contribution in [0.1, 0.15) is 5.56 Å². The van der Waals surface area contributed by atoms with E-state index in [0.717, 1.165) is 22.0 Å². The molecule has 0 unspecified atom stereocenters. The van der Waals surface area contributed by atoms with Gasteiger partial charge in [-0.15, -0.1) is 0 Å². The molecule has 0 saturated carbocycles. The number of fused-ring (bicyclic) bond motifs is 3. The van der Waals surface area contributed by atoms with Crippen molar-refractivity contribution in [3.63, 3.8) is 0 Å². The lowest BCUT2D eigenvalue weighted by molar-refractivity contribution is -0.117. The molecule has 1 heterocycles. The maximum Gasteiger partial charge on any atom is 0.221 e. The van der Waals surface area contributed by atoms with Crippen molar-refractivity contribution in [1.82, 2.24) is 4.98 Å². The Morgan fingerprint density at radius 1 is 1.06 bits per heavy atom. The van der Waals surface area contributed by atoms with Crippen LogP contribution in [0.25, 0.3) is 21.8 Å². The summed E-state index contributed by atoms with van der Waals surface area (Å²) >= 11 is 0. The SMILES string of the molecule is NC(=O)Cc1ccc2[nH]c3ccccc3c2c1. The van der Waals surface area contributed by atoms with Gasteiger partial charge in [-0.2, -0.15) is 0 Å². The summed E-state index contributed by atoms with van der Waals surface area (Å²) in [5.41, 5.74) is 8.36. The molecule has 0 bridgehead atoms. The van der Waals surface area contributed by atoms with Crippen LogP contribution < -0.4 is 5.73 Å². The minimum absolute atomic E-state index is 0.287. The third kappa shape index (κ3) is 1.65. The molecule has 1 aromatic heterocycles. The Kier molecular flexibility index (Phi) is 2.11. The predicted octanol–water partition coefficient (Wildman–Crippen LogP) is 2.35. The topological polar surface area (TPSA) is 58.9 Å². The highest BCUT2D eigenvalue weighted by atomic mass is 16.1. The van der Waals surface area contributed by atoms with Crippen LogP contribution in [0.3, 0.4) is 0 Å². The van der Waals surface area contributed by atoms with E-state index >= 15 is 0 Å². The molecule has 0 saturated heterocycles. The van der Waals surface area contributed by atoms with E-state index in [1.807, 2.05) is 36.4 Å². The van der Waals surface area contributed by atoms with Crippen molar-refractivity contribution >= 4 is 27.7 Å². The Balaban J connectivity index is 2.26. The lowest BCUT2D eigenvalue weighted by Gasteiger charge is -1.98. The molecule has 2 aromatic carbocycles. The van der Waals surface area contributed by atoms with Crippen LogP contribution in [-0.4, -0.2) is 10.9 Å². The average molecular weight is 224 g/mol. The molecule has 0 aliphatic heterocycles. The van der Waals surface area contributed by atoms with E-state index in [0.29, 0.717) is 0 Å². The van der Waals surface area contributed by atoms with Gasteiger partial charge in [-0.1, -0.05) is 24.3 Å². The third-order valence-corrected chi connectivity index (χ3v) is 2.95. The number of carbonyl (C=O) groups is 1. The van der Waals surface area contributed by atoms with Crippen molar-refractivity contribution in [3.05, 3.63) is 48.0 Å². The van der Waals surface area contributed by atoms with Crippen LogP contribution in [0.4, 0.5) is 0 Å². The van der Waals surface area contributed by atoms with Crippen molar-refractivity contribution in [3.8, 4) is 0 Å². The summed E-state index contributed by atoms with van der Waals surface area (Å²) < 4.78 is 0. The van der Waals surface area contributed by atoms with Gasteiger partial charge < -0.3 is 10.7 Å². The Morgan fingerprint density at radius 2 is 1.82 bits per heavy atom. The Morgan fingerprint density at radius 3 is 2.65 bits per heavy atom. The monoisotopic (exact) mass is 224 g/mol. The number of hydrogen-bond acceptors (Lipinski definition) is 1. The summed E-state index contributed by atoms with van der Waals surface area (Å²) in [5.74, 6) is -0.302.